The van der Waals surface area contributed by atoms with Crippen LogP contribution in [-0.4, -0.2) is 42.3 Å². The molecule has 86 valence electrons. The van der Waals surface area contributed by atoms with Crippen LogP contribution in [-0.2, 0) is 4.79 Å². The van der Waals surface area contributed by atoms with Crippen LogP contribution in [0.4, 0.5) is 0 Å². The summed E-state index contributed by atoms with van der Waals surface area (Å²) in [4.78, 5) is 12.7. The van der Waals surface area contributed by atoms with Crippen molar-refractivity contribution in [3.63, 3.8) is 0 Å². The Morgan fingerprint density at radius 1 is 1.53 bits per heavy atom. The predicted octanol–water partition coefficient (Wildman–Crippen LogP) is 1.53. The number of hydrogen-bond acceptors (Lipinski definition) is 4. The third kappa shape index (κ3) is 3.90. The predicted molar refractivity (Wildman–Crippen MR) is 61.5 cm³/mol. The first-order valence-electron chi connectivity index (χ1n) is 5.54. The number of aldehydes is 1. The summed E-state index contributed by atoms with van der Waals surface area (Å²) in [5.41, 5.74) is 0.0377. The fourth-order valence-electron chi connectivity index (χ4n) is 1.75. The van der Waals surface area contributed by atoms with Crippen molar-refractivity contribution in [3.05, 3.63) is 0 Å². The highest BCUT2D eigenvalue weighted by atomic mass is 16.1. The molecule has 4 nitrogen and oxygen atoms in total. The van der Waals surface area contributed by atoms with Gasteiger partial charge in [0, 0.05) is 19.5 Å². The van der Waals surface area contributed by atoms with Crippen LogP contribution < -0.4 is 0 Å². The maximum Gasteiger partial charge on any atom is 0.120 e. The lowest BCUT2D eigenvalue weighted by atomic mass is 9.90. The van der Waals surface area contributed by atoms with E-state index in [4.69, 9.17) is 0 Å². The van der Waals surface area contributed by atoms with Gasteiger partial charge in [-0.25, -0.2) is 0 Å². The lowest BCUT2D eigenvalue weighted by molar-refractivity contribution is -0.109. The van der Waals surface area contributed by atoms with Gasteiger partial charge in [0.15, 0.2) is 0 Å². The van der Waals surface area contributed by atoms with Crippen LogP contribution in [0.5, 0.6) is 0 Å². The van der Waals surface area contributed by atoms with Crippen molar-refractivity contribution >= 4 is 12.6 Å². The van der Waals surface area contributed by atoms with Gasteiger partial charge < -0.3 is 9.69 Å². The third-order valence-electron chi connectivity index (χ3n) is 2.47. The molecule has 0 amide bonds. The molecule has 0 aromatic rings. The van der Waals surface area contributed by atoms with Gasteiger partial charge in [-0.1, -0.05) is 20.8 Å². The smallest absolute Gasteiger partial charge is 0.120 e. The average Bonchev–Trinajstić information content (AvgIpc) is 2.52. The molecule has 1 rings (SSSR count). The summed E-state index contributed by atoms with van der Waals surface area (Å²) in [7, 11) is 0. The molecule has 0 bridgehead atoms. The van der Waals surface area contributed by atoms with Gasteiger partial charge in [-0.2, -0.15) is 5.10 Å². The standard InChI is InChI=1S/C11H21N3O/c1-4-6-14-10-13(9-12-14)8-11(2,3)5-7-15/h7,9H,4-6,8,10H2,1-3H3. The maximum absolute atomic E-state index is 10.5. The van der Waals surface area contributed by atoms with Crippen LogP contribution in [0.2, 0.25) is 0 Å². The van der Waals surface area contributed by atoms with E-state index in [2.05, 4.69) is 35.8 Å². The molecule has 0 radical (unpaired) electrons. The van der Waals surface area contributed by atoms with Crippen LogP contribution in [0.15, 0.2) is 5.10 Å². The average molecular weight is 211 g/mol. The first-order valence-corrected chi connectivity index (χ1v) is 5.54. The Balaban J connectivity index is 2.36. The molecule has 0 fully saturated rings. The Morgan fingerprint density at radius 2 is 2.27 bits per heavy atom. The summed E-state index contributed by atoms with van der Waals surface area (Å²) in [6, 6.07) is 0. The zero-order valence-corrected chi connectivity index (χ0v) is 9.94. The molecule has 0 aromatic heterocycles. The highest BCUT2D eigenvalue weighted by molar-refractivity contribution is 5.56. The maximum atomic E-state index is 10.5. The van der Waals surface area contributed by atoms with Crippen molar-refractivity contribution in [2.45, 2.75) is 33.6 Å². The fraction of sp³-hybridized carbons (Fsp3) is 0.818. The van der Waals surface area contributed by atoms with Crippen molar-refractivity contribution in [2.75, 3.05) is 19.8 Å². The Hall–Kier alpha value is -1.06. The minimum atomic E-state index is 0.0377. The highest BCUT2D eigenvalue weighted by Gasteiger charge is 2.23. The van der Waals surface area contributed by atoms with E-state index in [0.717, 1.165) is 32.5 Å². The summed E-state index contributed by atoms with van der Waals surface area (Å²) in [5, 5.41) is 6.35. The van der Waals surface area contributed by atoms with E-state index in [9.17, 15) is 4.79 Å². The molecule has 1 heterocycles. The van der Waals surface area contributed by atoms with E-state index in [1.807, 2.05) is 6.34 Å². The number of hydrogen-bond donors (Lipinski definition) is 0. The summed E-state index contributed by atoms with van der Waals surface area (Å²) < 4.78 is 0. The van der Waals surface area contributed by atoms with Crippen LogP contribution in [0.1, 0.15) is 33.6 Å². The van der Waals surface area contributed by atoms with Gasteiger partial charge in [0.1, 0.15) is 19.3 Å². The SMILES string of the molecule is CCCN1CN(CC(C)(C)CC=O)C=N1. The number of hydrazone groups is 1. The molecule has 0 atom stereocenters. The molecule has 0 aromatic carbocycles. The van der Waals surface area contributed by atoms with Crippen LogP contribution in [0, 0.1) is 5.41 Å². The summed E-state index contributed by atoms with van der Waals surface area (Å²) in [6.07, 6.45) is 4.59. The minimum absolute atomic E-state index is 0.0377. The normalized spacial score (nSPS) is 16.2. The van der Waals surface area contributed by atoms with E-state index in [1.54, 1.807) is 0 Å². The van der Waals surface area contributed by atoms with Gasteiger partial charge in [-0.05, 0) is 11.8 Å². The molecule has 15 heavy (non-hydrogen) atoms. The van der Waals surface area contributed by atoms with Crippen molar-refractivity contribution in [2.24, 2.45) is 10.5 Å². The Labute approximate surface area is 91.9 Å². The van der Waals surface area contributed by atoms with Crippen molar-refractivity contribution in [3.8, 4) is 0 Å². The van der Waals surface area contributed by atoms with E-state index < -0.39 is 0 Å². The highest BCUT2D eigenvalue weighted by Crippen LogP contribution is 2.21. The second-order valence-electron chi connectivity index (χ2n) is 4.88. The van der Waals surface area contributed by atoms with Crippen LogP contribution >= 0.6 is 0 Å². The first-order chi connectivity index (χ1) is 7.07. The van der Waals surface area contributed by atoms with Crippen LogP contribution in [0.25, 0.3) is 0 Å². The molecule has 0 spiro atoms. The monoisotopic (exact) mass is 211 g/mol. The van der Waals surface area contributed by atoms with Gasteiger partial charge in [0.2, 0.25) is 0 Å². The van der Waals surface area contributed by atoms with Gasteiger partial charge in [-0.15, -0.1) is 0 Å². The van der Waals surface area contributed by atoms with Crippen molar-refractivity contribution in [1.29, 1.82) is 0 Å². The molecule has 0 saturated heterocycles. The molecule has 0 unspecified atom stereocenters. The minimum Gasteiger partial charge on any atom is -0.341 e. The molecule has 4 heteroatoms. The number of nitrogens with zero attached hydrogens (tertiary/aromatic N) is 3. The van der Waals surface area contributed by atoms with Gasteiger partial charge in [-0.3, -0.25) is 5.01 Å². The Morgan fingerprint density at radius 3 is 2.87 bits per heavy atom. The molecular formula is C11H21N3O. The fourth-order valence-corrected chi connectivity index (χ4v) is 1.75. The number of rotatable bonds is 6. The third-order valence-corrected chi connectivity index (χ3v) is 2.47. The summed E-state index contributed by atoms with van der Waals surface area (Å²) >= 11 is 0. The van der Waals surface area contributed by atoms with E-state index in [0.29, 0.717) is 6.42 Å². The molecule has 1 aliphatic rings. The quantitative estimate of drug-likeness (QED) is 0.625. The van der Waals surface area contributed by atoms with Gasteiger partial charge in [0.25, 0.3) is 0 Å². The van der Waals surface area contributed by atoms with E-state index in [1.165, 1.54) is 0 Å². The zero-order valence-electron chi connectivity index (χ0n) is 9.94. The van der Waals surface area contributed by atoms with Gasteiger partial charge in [0.05, 0.1) is 0 Å². The van der Waals surface area contributed by atoms with Crippen molar-refractivity contribution < 1.29 is 4.79 Å². The lowest BCUT2D eigenvalue weighted by Gasteiger charge is -2.28. The second kappa shape index (κ2) is 5.14. The van der Waals surface area contributed by atoms with E-state index >= 15 is 0 Å². The molecule has 0 N–H and O–H groups in total. The van der Waals surface area contributed by atoms with Crippen molar-refractivity contribution in [1.82, 2.24) is 9.91 Å². The van der Waals surface area contributed by atoms with Crippen LogP contribution in [0.3, 0.4) is 0 Å². The Kier molecular flexibility index (Phi) is 4.12. The molecule has 1 aliphatic heterocycles. The van der Waals surface area contributed by atoms with E-state index in [-0.39, 0.29) is 5.41 Å². The molecule has 0 saturated carbocycles. The number of carbonyl (C=O) groups is 1. The summed E-state index contributed by atoms with van der Waals surface area (Å²) in [5.74, 6) is 0. The number of carbonyl (C=O) groups excluding carboxylic acids is 1. The first kappa shape index (κ1) is 12.0. The topological polar surface area (TPSA) is 35.9 Å². The summed E-state index contributed by atoms with van der Waals surface area (Å²) in [6.45, 7) is 9.11. The lowest BCUT2D eigenvalue weighted by Crippen LogP contribution is -2.35. The molecular weight excluding hydrogens is 190 g/mol. The second-order valence-corrected chi connectivity index (χ2v) is 4.88. The zero-order chi connectivity index (χ0) is 11.3. The molecule has 0 aliphatic carbocycles. The van der Waals surface area contributed by atoms with Gasteiger partial charge >= 0.3 is 0 Å². The largest absolute Gasteiger partial charge is 0.341 e. The Bertz CT molecular complexity index is 238.